The number of amides is 4. The SMILES string of the molecule is CC(C)(C)OC(=O)N[C@H](C[C@H](Cc1ccccc1)C(=O)O)C(=O)N[C@@H](C[C@@H](Cc1ccccc1)C(=O)O)C(=O)N[C@@H](C[C@@H](Cc1ccccc1)C(=O)O)C(=O)NCC(=O)Oc1ccc([N+](=O)[O-])cc1. The minimum Gasteiger partial charge on any atom is -0.481 e. The molecule has 20 nitrogen and oxygen atoms in total. The molecule has 0 spiro atoms. The molecule has 0 aliphatic carbocycles. The first-order chi connectivity index (χ1) is 32.7. The average molecular weight is 954 g/mol. The molecule has 0 aliphatic rings. The number of esters is 1. The summed E-state index contributed by atoms with van der Waals surface area (Å²) in [6.07, 6.45) is -3.21. The smallest absolute Gasteiger partial charge is 0.408 e. The molecular weight excluding hydrogens is 899 g/mol. The number of aliphatic carboxylic acids is 3. The Morgan fingerprint density at radius 3 is 1.26 bits per heavy atom. The largest absolute Gasteiger partial charge is 0.481 e. The summed E-state index contributed by atoms with van der Waals surface area (Å²) in [4.78, 5) is 117. The van der Waals surface area contributed by atoms with Crippen LogP contribution in [0.2, 0.25) is 0 Å². The lowest BCUT2D eigenvalue weighted by molar-refractivity contribution is -0.384. The summed E-state index contributed by atoms with van der Waals surface area (Å²) in [6.45, 7) is 3.83. The molecule has 0 fully saturated rings. The van der Waals surface area contributed by atoms with Crippen molar-refractivity contribution in [3.8, 4) is 5.75 Å². The summed E-state index contributed by atoms with van der Waals surface area (Å²) >= 11 is 0. The summed E-state index contributed by atoms with van der Waals surface area (Å²) in [5.41, 5.74) is 0.360. The minimum absolute atomic E-state index is 0.0794. The van der Waals surface area contributed by atoms with Gasteiger partial charge in [-0.25, -0.2) is 9.59 Å². The quantitative estimate of drug-likeness (QED) is 0.0209. The zero-order valence-electron chi connectivity index (χ0n) is 38.1. The number of nitro groups is 1. The fraction of sp³-hybridized carbons (Fsp3) is 0.347. The molecule has 4 rings (SSSR count). The Balaban J connectivity index is 1.70. The Morgan fingerprint density at radius 2 is 0.913 bits per heavy atom. The molecule has 0 radical (unpaired) electrons. The predicted octanol–water partition coefficient (Wildman–Crippen LogP) is 4.48. The van der Waals surface area contributed by atoms with Crippen LogP contribution < -0.4 is 26.0 Å². The molecule has 0 unspecified atom stereocenters. The van der Waals surface area contributed by atoms with E-state index in [1.165, 1.54) is 0 Å². The Bertz CT molecular complexity index is 2410. The topological polar surface area (TPSA) is 307 Å². The maximum atomic E-state index is 14.6. The van der Waals surface area contributed by atoms with Gasteiger partial charge in [-0.1, -0.05) is 91.0 Å². The highest BCUT2D eigenvalue weighted by Crippen LogP contribution is 2.21. The van der Waals surface area contributed by atoms with Crippen molar-refractivity contribution in [2.45, 2.75) is 83.0 Å². The monoisotopic (exact) mass is 953 g/mol. The van der Waals surface area contributed by atoms with Gasteiger partial charge in [-0.2, -0.15) is 0 Å². The number of carboxylic acid groups (broad SMARTS) is 3. The fourth-order valence-corrected chi connectivity index (χ4v) is 7.14. The van der Waals surface area contributed by atoms with E-state index < -0.39 is 120 Å². The number of nitrogens with one attached hydrogen (secondary N) is 4. The molecule has 4 aromatic carbocycles. The number of hydrogen-bond acceptors (Lipinski definition) is 12. The summed E-state index contributed by atoms with van der Waals surface area (Å²) in [5, 5.41) is 51.7. The van der Waals surface area contributed by atoms with Crippen molar-refractivity contribution in [1.29, 1.82) is 0 Å². The van der Waals surface area contributed by atoms with E-state index in [0.29, 0.717) is 16.7 Å². The molecule has 0 saturated carbocycles. The standard InChI is InChI=1S/C49H55N5O15/c1-49(2,3)69-48(65)53-40(28-35(47(63)64)25-32-17-11-6-12-18-32)44(58)52-39(27-34(46(61)62)24-31-15-9-5-10-16-31)43(57)51-38(26-33(45(59)60)23-30-13-7-4-8-14-30)42(56)50-29-41(55)68-37-21-19-36(20-22-37)54(66)67/h4-22,33-35,38-40H,23-29H2,1-3H3,(H,50,56)(H,51,57)(H,52,58)(H,53,65)(H,59,60)(H,61,62)(H,63,64)/t33-,34-,35+,38+,39+,40-/m1/s1. The van der Waals surface area contributed by atoms with Crippen LogP contribution >= 0.6 is 0 Å². The number of carbonyl (C=O) groups is 8. The molecule has 0 bridgehead atoms. The molecule has 4 aromatic rings. The van der Waals surface area contributed by atoms with Gasteiger partial charge in [0.15, 0.2) is 0 Å². The Hall–Kier alpha value is -8.16. The van der Waals surface area contributed by atoms with Gasteiger partial charge in [0.1, 0.15) is 36.0 Å². The van der Waals surface area contributed by atoms with Gasteiger partial charge in [0.05, 0.1) is 22.7 Å². The lowest BCUT2D eigenvalue weighted by Crippen LogP contribution is -2.58. The number of hydrogen-bond donors (Lipinski definition) is 7. The van der Waals surface area contributed by atoms with Gasteiger partial charge in [0, 0.05) is 12.1 Å². The third-order valence-corrected chi connectivity index (χ3v) is 10.5. The van der Waals surface area contributed by atoms with Crippen LogP contribution in [0.4, 0.5) is 10.5 Å². The summed E-state index contributed by atoms with van der Waals surface area (Å²) in [7, 11) is 0. The van der Waals surface area contributed by atoms with Gasteiger partial charge >= 0.3 is 30.0 Å². The van der Waals surface area contributed by atoms with Gasteiger partial charge < -0.3 is 46.1 Å². The number of nitrogens with zero attached hydrogens (tertiary/aromatic N) is 1. The lowest BCUT2D eigenvalue weighted by Gasteiger charge is -2.29. The van der Waals surface area contributed by atoms with Gasteiger partial charge in [0.2, 0.25) is 17.7 Å². The Labute approximate surface area is 396 Å². The summed E-state index contributed by atoms with van der Waals surface area (Å²) < 4.78 is 10.5. The van der Waals surface area contributed by atoms with Crippen molar-refractivity contribution in [3.63, 3.8) is 0 Å². The number of carbonyl (C=O) groups excluding carboxylic acids is 5. The number of benzene rings is 4. The second-order valence-corrected chi connectivity index (χ2v) is 17.1. The van der Waals surface area contributed by atoms with Crippen LogP contribution in [0.25, 0.3) is 0 Å². The molecule has 0 aromatic heterocycles. The number of alkyl carbamates (subject to hydrolysis) is 1. The highest BCUT2D eigenvalue weighted by atomic mass is 16.6. The van der Waals surface area contributed by atoms with Crippen LogP contribution in [-0.4, -0.2) is 98.2 Å². The van der Waals surface area contributed by atoms with E-state index in [-0.39, 0.29) is 30.7 Å². The Morgan fingerprint density at radius 1 is 0.551 bits per heavy atom. The molecule has 366 valence electrons. The minimum atomic E-state index is -1.83. The third-order valence-electron chi connectivity index (χ3n) is 10.5. The van der Waals surface area contributed by atoms with Gasteiger partial charge in [-0.05, 0) is 88.1 Å². The van der Waals surface area contributed by atoms with Crippen LogP contribution in [0.15, 0.2) is 115 Å². The highest BCUT2D eigenvalue weighted by molar-refractivity contribution is 5.95. The maximum absolute atomic E-state index is 14.6. The summed E-state index contributed by atoms with van der Waals surface area (Å²) in [5.74, 6) is -12.6. The van der Waals surface area contributed by atoms with Crippen molar-refractivity contribution >= 4 is 53.4 Å². The highest BCUT2D eigenvalue weighted by Gasteiger charge is 2.37. The van der Waals surface area contributed by atoms with E-state index in [9.17, 15) is 63.8 Å². The van der Waals surface area contributed by atoms with E-state index in [2.05, 4.69) is 21.3 Å². The molecule has 6 atom stereocenters. The maximum Gasteiger partial charge on any atom is 0.408 e. The second-order valence-electron chi connectivity index (χ2n) is 17.1. The van der Waals surface area contributed by atoms with Gasteiger partial charge in [-0.3, -0.25) is 38.9 Å². The normalized spacial score (nSPS) is 13.7. The van der Waals surface area contributed by atoms with Crippen LogP contribution in [0.5, 0.6) is 5.75 Å². The van der Waals surface area contributed by atoms with Gasteiger partial charge in [0.25, 0.3) is 5.69 Å². The number of carboxylic acids is 3. The predicted molar refractivity (Wildman–Crippen MR) is 246 cm³/mol. The van der Waals surface area contributed by atoms with E-state index in [4.69, 9.17) is 9.47 Å². The molecule has 0 heterocycles. The van der Waals surface area contributed by atoms with Gasteiger partial charge in [-0.15, -0.1) is 0 Å². The lowest BCUT2D eigenvalue weighted by atomic mass is 9.90. The van der Waals surface area contributed by atoms with E-state index >= 15 is 0 Å². The number of nitro benzene ring substituents is 1. The molecule has 4 amide bonds. The van der Waals surface area contributed by atoms with Crippen LogP contribution in [0, 0.1) is 27.9 Å². The van der Waals surface area contributed by atoms with E-state index in [1.807, 2.05) is 0 Å². The average Bonchev–Trinajstić information content (AvgIpc) is 3.29. The second kappa shape index (κ2) is 25.7. The first-order valence-electron chi connectivity index (χ1n) is 21.8. The van der Waals surface area contributed by atoms with E-state index in [0.717, 1.165) is 24.3 Å². The zero-order valence-corrected chi connectivity index (χ0v) is 38.1. The molecule has 0 saturated heterocycles. The third kappa shape index (κ3) is 18.6. The van der Waals surface area contributed by atoms with Crippen molar-refractivity contribution in [1.82, 2.24) is 21.3 Å². The van der Waals surface area contributed by atoms with Crippen LogP contribution in [0.1, 0.15) is 56.7 Å². The molecule has 69 heavy (non-hydrogen) atoms. The number of ether oxygens (including phenoxy) is 2. The first-order valence-corrected chi connectivity index (χ1v) is 21.8. The molecular formula is C49H55N5O15. The summed E-state index contributed by atoms with van der Waals surface area (Å²) in [6, 6.07) is 24.3. The zero-order chi connectivity index (χ0) is 50.7. The molecule has 0 aliphatic heterocycles. The molecule has 20 heteroatoms. The van der Waals surface area contributed by atoms with Crippen LogP contribution in [-0.2, 0) is 57.6 Å². The Kier molecular flexibility index (Phi) is 19.9. The molecule has 7 N–H and O–H groups in total. The van der Waals surface area contributed by atoms with Crippen molar-refractivity contribution < 1.29 is 68.1 Å². The fourth-order valence-electron chi connectivity index (χ4n) is 7.14. The van der Waals surface area contributed by atoms with Crippen molar-refractivity contribution in [2.24, 2.45) is 17.8 Å². The van der Waals surface area contributed by atoms with Crippen molar-refractivity contribution in [2.75, 3.05) is 6.54 Å². The van der Waals surface area contributed by atoms with E-state index in [1.54, 1.807) is 112 Å². The van der Waals surface area contributed by atoms with Crippen molar-refractivity contribution in [3.05, 3.63) is 142 Å². The first kappa shape index (κ1) is 53.5. The van der Waals surface area contributed by atoms with Crippen LogP contribution in [0.3, 0.4) is 0 Å². The number of rotatable bonds is 25. The number of non-ortho nitro benzene ring substituents is 1.